The molecule has 0 spiro atoms. The number of halogens is 1. The standard InChI is InChI=1S/C28H23ClN6O2.C2H6/c29-22-7-3-6-20(23(30)15-34(31)18-9-10-18)26(22)16-8-11-21-24(12-16)33-28(37)35(27(21)36)25-14-32-13-17-4-1-2-5-19(17)25;1-2/h1-8,11-15,18H,9-10,30-31H2,(H,33,37);1-2H3/b23-15-;. The van der Waals surface area contributed by atoms with Gasteiger partial charge in [0.2, 0.25) is 0 Å². The van der Waals surface area contributed by atoms with Crippen LogP contribution in [0.5, 0.6) is 0 Å². The fraction of sp³-hybridized carbons (Fsp3) is 0.167. The van der Waals surface area contributed by atoms with Crippen molar-refractivity contribution in [3.05, 3.63) is 111 Å². The predicted molar refractivity (Wildman–Crippen MR) is 158 cm³/mol. The number of nitrogens with two attached hydrogens (primary N) is 2. The number of benzene rings is 3. The number of hydrazine groups is 1. The Balaban J connectivity index is 0.00000151. The smallest absolute Gasteiger partial charge is 0.333 e. The summed E-state index contributed by atoms with van der Waals surface area (Å²) in [5.74, 6) is 6.11. The second-order valence-corrected chi connectivity index (χ2v) is 9.54. The number of rotatable bonds is 5. The van der Waals surface area contributed by atoms with Crippen LogP contribution in [0, 0.1) is 0 Å². The summed E-state index contributed by atoms with van der Waals surface area (Å²) in [6.07, 6.45) is 7.00. The van der Waals surface area contributed by atoms with Gasteiger partial charge in [-0.3, -0.25) is 9.78 Å². The molecule has 9 heteroatoms. The quantitative estimate of drug-likeness (QED) is 0.209. The molecule has 1 fully saturated rings. The number of aromatic amines is 1. The van der Waals surface area contributed by atoms with Crippen LogP contribution in [0.3, 0.4) is 0 Å². The predicted octanol–water partition coefficient (Wildman–Crippen LogP) is 5.17. The van der Waals surface area contributed by atoms with Gasteiger partial charge >= 0.3 is 5.69 Å². The van der Waals surface area contributed by atoms with Gasteiger partial charge in [0.15, 0.2) is 0 Å². The molecule has 3 aromatic carbocycles. The molecule has 198 valence electrons. The first-order chi connectivity index (χ1) is 18.9. The largest absolute Gasteiger partial charge is 0.397 e. The van der Waals surface area contributed by atoms with Gasteiger partial charge in [-0.2, -0.15) is 0 Å². The number of hydrogen-bond acceptors (Lipinski definition) is 6. The van der Waals surface area contributed by atoms with Gasteiger partial charge < -0.3 is 15.7 Å². The summed E-state index contributed by atoms with van der Waals surface area (Å²) in [5.41, 5.74) is 8.81. The summed E-state index contributed by atoms with van der Waals surface area (Å²) in [4.78, 5) is 33.8. The first kappa shape index (κ1) is 26.2. The molecule has 2 heterocycles. The lowest BCUT2D eigenvalue weighted by molar-refractivity contribution is 0.384. The van der Waals surface area contributed by atoms with E-state index in [1.54, 1.807) is 41.7 Å². The lowest BCUT2D eigenvalue weighted by Crippen LogP contribution is -2.33. The normalized spacial score (nSPS) is 13.3. The first-order valence-corrected chi connectivity index (χ1v) is 13.2. The van der Waals surface area contributed by atoms with Crippen LogP contribution in [0.4, 0.5) is 0 Å². The second kappa shape index (κ2) is 10.8. The zero-order valence-electron chi connectivity index (χ0n) is 21.7. The minimum absolute atomic E-state index is 0.297. The van der Waals surface area contributed by atoms with Gasteiger partial charge in [0, 0.05) is 45.4 Å². The topological polar surface area (TPSA) is 123 Å². The molecule has 2 aromatic heterocycles. The zero-order valence-corrected chi connectivity index (χ0v) is 22.4. The minimum atomic E-state index is -0.560. The lowest BCUT2D eigenvalue weighted by Gasteiger charge is -2.17. The highest BCUT2D eigenvalue weighted by Crippen LogP contribution is 2.35. The molecule has 0 bridgehead atoms. The first-order valence-electron chi connectivity index (χ1n) is 12.8. The van der Waals surface area contributed by atoms with Crippen molar-refractivity contribution in [2.24, 2.45) is 11.6 Å². The molecule has 1 aliphatic rings. The summed E-state index contributed by atoms with van der Waals surface area (Å²) in [7, 11) is 0. The van der Waals surface area contributed by atoms with Crippen LogP contribution in [0.1, 0.15) is 32.3 Å². The van der Waals surface area contributed by atoms with E-state index in [0.717, 1.165) is 28.2 Å². The molecule has 1 saturated carbocycles. The number of hydrogen-bond donors (Lipinski definition) is 3. The van der Waals surface area contributed by atoms with Gasteiger partial charge in [-0.05, 0) is 36.6 Å². The van der Waals surface area contributed by atoms with E-state index in [9.17, 15) is 9.59 Å². The van der Waals surface area contributed by atoms with Crippen molar-refractivity contribution in [1.29, 1.82) is 0 Å². The van der Waals surface area contributed by atoms with E-state index in [-0.39, 0.29) is 0 Å². The van der Waals surface area contributed by atoms with E-state index in [1.807, 2.05) is 50.2 Å². The Morgan fingerprint density at radius 1 is 1.05 bits per heavy atom. The van der Waals surface area contributed by atoms with Crippen LogP contribution in [0.2, 0.25) is 5.02 Å². The van der Waals surface area contributed by atoms with E-state index in [1.165, 1.54) is 6.20 Å². The Bertz CT molecular complexity index is 1830. The number of H-pyrrole nitrogens is 1. The number of nitrogens with zero attached hydrogens (tertiary/aromatic N) is 3. The number of aromatic nitrogens is 3. The Hall–Kier alpha value is -4.40. The average molecular weight is 541 g/mol. The highest BCUT2D eigenvalue weighted by molar-refractivity contribution is 6.33. The zero-order chi connectivity index (χ0) is 27.7. The van der Waals surface area contributed by atoms with E-state index in [0.29, 0.717) is 50.0 Å². The molecule has 8 nitrogen and oxygen atoms in total. The highest BCUT2D eigenvalue weighted by atomic mass is 35.5. The molecule has 5 aromatic rings. The van der Waals surface area contributed by atoms with Crippen LogP contribution in [-0.2, 0) is 0 Å². The van der Waals surface area contributed by atoms with Crippen LogP contribution in [0.15, 0.2) is 88.8 Å². The van der Waals surface area contributed by atoms with E-state index >= 15 is 0 Å². The van der Waals surface area contributed by atoms with Gasteiger partial charge in [0.25, 0.3) is 5.56 Å². The molecule has 0 saturated heterocycles. The monoisotopic (exact) mass is 540 g/mol. The molecule has 6 rings (SSSR count). The SMILES string of the molecule is CC.N/C(=C\N(N)C1CC1)c1cccc(Cl)c1-c1ccc2c(=O)n(-c3cncc4ccccc34)c(=O)[nH]c2c1. The van der Waals surface area contributed by atoms with Crippen molar-refractivity contribution in [2.45, 2.75) is 32.7 Å². The average Bonchev–Trinajstić information content (AvgIpc) is 3.80. The van der Waals surface area contributed by atoms with Gasteiger partial charge in [0.1, 0.15) is 0 Å². The number of pyridine rings is 1. The summed E-state index contributed by atoms with van der Waals surface area (Å²) in [6.45, 7) is 4.00. The van der Waals surface area contributed by atoms with Gasteiger partial charge in [-0.15, -0.1) is 0 Å². The van der Waals surface area contributed by atoms with E-state index in [4.69, 9.17) is 23.2 Å². The van der Waals surface area contributed by atoms with Crippen molar-refractivity contribution in [3.8, 4) is 16.8 Å². The van der Waals surface area contributed by atoms with Crippen molar-refractivity contribution >= 4 is 39.0 Å². The summed E-state index contributed by atoms with van der Waals surface area (Å²) in [6, 6.07) is 18.5. The summed E-state index contributed by atoms with van der Waals surface area (Å²) in [5, 5.41) is 4.05. The molecule has 5 N–H and O–H groups in total. The van der Waals surface area contributed by atoms with Gasteiger partial charge in [0.05, 0.1) is 28.5 Å². The molecule has 1 aliphatic carbocycles. The third-order valence-electron chi connectivity index (χ3n) is 6.66. The maximum atomic E-state index is 13.5. The molecule has 0 unspecified atom stereocenters. The number of fused-ring (bicyclic) bond motifs is 2. The van der Waals surface area contributed by atoms with Crippen molar-refractivity contribution in [2.75, 3.05) is 0 Å². The Labute approximate surface area is 230 Å². The summed E-state index contributed by atoms with van der Waals surface area (Å²) >= 11 is 6.62. The van der Waals surface area contributed by atoms with Crippen molar-refractivity contribution < 1.29 is 0 Å². The fourth-order valence-electron chi connectivity index (χ4n) is 4.64. The maximum Gasteiger partial charge on any atom is 0.333 e. The van der Waals surface area contributed by atoms with Crippen LogP contribution in [-0.4, -0.2) is 25.6 Å². The molecular weight excluding hydrogens is 512 g/mol. The Morgan fingerprint density at radius 3 is 2.59 bits per heavy atom. The third kappa shape index (κ3) is 4.92. The summed E-state index contributed by atoms with van der Waals surface area (Å²) < 4.78 is 1.12. The van der Waals surface area contributed by atoms with Crippen LogP contribution in [0.25, 0.3) is 44.2 Å². The van der Waals surface area contributed by atoms with E-state index < -0.39 is 11.2 Å². The Kier molecular flexibility index (Phi) is 7.24. The van der Waals surface area contributed by atoms with Crippen LogP contribution >= 0.6 is 11.6 Å². The minimum Gasteiger partial charge on any atom is -0.397 e. The van der Waals surface area contributed by atoms with Gasteiger partial charge in [-0.25, -0.2) is 15.2 Å². The number of nitrogens with one attached hydrogen (secondary N) is 1. The molecule has 0 aliphatic heterocycles. The molecule has 0 radical (unpaired) electrons. The van der Waals surface area contributed by atoms with Crippen molar-refractivity contribution in [1.82, 2.24) is 19.5 Å². The fourth-order valence-corrected chi connectivity index (χ4v) is 4.92. The second-order valence-electron chi connectivity index (χ2n) is 9.14. The highest BCUT2D eigenvalue weighted by Gasteiger charge is 2.26. The van der Waals surface area contributed by atoms with Crippen molar-refractivity contribution in [3.63, 3.8) is 0 Å². The molecule has 39 heavy (non-hydrogen) atoms. The lowest BCUT2D eigenvalue weighted by atomic mass is 9.97. The molecular formula is C30H29ClN6O2. The van der Waals surface area contributed by atoms with E-state index in [2.05, 4.69) is 9.97 Å². The maximum absolute atomic E-state index is 13.5. The van der Waals surface area contributed by atoms with Gasteiger partial charge in [-0.1, -0.05) is 67.9 Å². The van der Waals surface area contributed by atoms with Crippen LogP contribution < -0.4 is 22.8 Å². The molecule has 0 atom stereocenters. The third-order valence-corrected chi connectivity index (χ3v) is 6.97. The Morgan fingerprint density at radius 2 is 1.82 bits per heavy atom. The molecule has 0 amide bonds.